The molecule has 22 heavy (non-hydrogen) atoms. The van der Waals surface area contributed by atoms with Gasteiger partial charge in [0.15, 0.2) is 5.16 Å². The molecule has 2 aromatic rings. The lowest BCUT2D eigenvalue weighted by atomic mass is 10.1. The van der Waals surface area contributed by atoms with Crippen molar-refractivity contribution in [2.45, 2.75) is 23.2 Å². The number of amides is 1. The molecule has 6 heteroatoms. The van der Waals surface area contributed by atoms with Crippen molar-refractivity contribution in [3.63, 3.8) is 0 Å². The van der Waals surface area contributed by atoms with Crippen LogP contribution in [0.25, 0.3) is 0 Å². The molecule has 2 heterocycles. The quantitative estimate of drug-likeness (QED) is 0.874. The maximum Gasteiger partial charge on any atom is 0.240 e. The first-order valence-corrected chi connectivity index (χ1v) is 8.02. The Morgan fingerprint density at radius 3 is 2.77 bits per heavy atom. The molecule has 1 atom stereocenters. The van der Waals surface area contributed by atoms with E-state index in [-0.39, 0.29) is 11.2 Å². The van der Waals surface area contributed by atoms with Crippen LogP contribution in [0.4, 0.5) is 5.69 Å². The Labute approximate surface area is 133 Å². The number of hydrogen-bond acceptors (Lipinski definition) is 4. The lowest BCUT2D eigenvalue weighted by Gasteiger charge is -2.31. The molecule has 1 aromatic heterocycles. The predicted molar refractivity (Wildman–Crippen MR) is 85.6 cm³/mol. The summed E-state index contributed by atoms with van der Waals surface area (Å²) < 4.78 is 1.93. The van der Waals surface area contributed by atoms with Crippen molar-refractivity contribution >= 4 is 23.4 Å². The Balaban J connectivity index is 1.77. The Bertz CT molecular complexity index is 716. The molecule has 0 spiro atoms. The van der Waals surface area contributed by atoms with Crippen molar-refractivity contribution in [2.75, 3.05) is 11.4 Å². The molecular formula is C16H16N4OS. The summed E-state index contributed by atoms with van der Waals surface area (Å²) in [6.45, 7) is 0.725. The van der Waals surface area contributed by atoms with Gasteiger partial charge in [-0.3, -0.25) is 4.79 Å². The molecule has 1 saturated heterocycles. The van der Waals surface area contributed by atoms with Crippen molar-refractivity contribution in [3.05, 3.63) is 42.2 Å². The van der Waals surface area contributed by atoms with E-state index in [0.717, 1.165) is 30.2 Å². The fourth-order valence-corrected chi connectivity index (χ4v) is 3.63. The third kappa shape index (κ3) is 2.85. The van der Waals surface area contributed by atoms with E-state index in [1.807, 2.05) is 34.8 Å². The number of aromatic nitrogens is 2. The van der Waals surface area contributed by atoms with Crippen molar-refractivity contribution < 1.29 is 4.79 Å². The zero-order valence-electron chi connectivity index (χ0n) is 12.3. The van der Waals surface area contributed by atoms with Gasteiger partial charge in [0.25, 0.3) is 0 Å². The van der Waals surface area contributed by atoms with Crippen LogP contribution in [-0.4, -0.2) is 27.3 Å². The first-order valence-electron chi connectivity index (χ1n) is 7.14. The number of rotatable bonds is 3. The van der Waals surface area contributed by atoms with Gasteiger partial charge in [-0.1, -0.05) is 11.8 Å². The van der Waals surface area contributed by atoms with Gasteiger partial charge in [-0.15, -0.1) is 0 Å². The van der Waals surface area contributed by atoms with E-state index in [1.165, 1.54) is 11.8 Å². The van der Waals surface area contributed by atoms with Gasteiger partial charge in [0, 0.05) is 31.7 Å². The third-order valence-corrected chi connectivity index (χ3v) is 5.05. The molecule has 3 rings (SSSR count). The van der Waals surface area contributed by atoms with E-state index < -0.39 is 0 Å². The molecular weight excluding hydrogens is 296 g/mol. The minimum atomic E-state index is -0.106. The summed E-state index contributed by atoms with van der Waals surface area (Å²) in [5, 5.41) is 9.61. The number of thioether (sulfide) groups is 1. The maximum absolute atomic E-state index is 12.7. The lowest BCUT2D eigenvalue weighted by Crippen LogP contribution is -2.43. The first kappa shape index (κ1) is 14.7. The monoisotopic (exact) mass is 312 g/mol. The highest BCUT2D eigenvalue weighted by Gasteiger charge is 2.31. The molecule has 0 N–H and O–H groups in total. The van der Waals surface area contributed by atoms with Gasteiger partial charge in [0.1, 0.15) is 0 Å². The Morgan fingerprint density at radius 1 is 1.36 bits per heavy atom. The van der Waals surface area contributed by atoms with E-state index >= 15 is 0 Å². The van der Waals surface area contributed by atoms with Crippen LogP contribution < -0.4 is 4.90 Å². The van der Waals surface area contributed by atoms with Crippen molar-refractivity contribution in [2.24, 2.45) is 7.05 Å². The molecule has 112 valence electrons. The van der Waals surface area contributed by atoms with Gasteiger partial charge in [0.05, 0.1) is 16.9 Å². The Morgan fingerprint density at radius 2 is 2.14 bits per heavy atom. The van der Waals surface area contributed by atoms with Crippen LogP contribution in [-0.2, 0) is 11.8 Å². The van der Waals surface area contributed by atoms with Crippen molar-refractivity contribution in [3.8, 4) is 6.07 Å². The Kier molecular flexibility index (Phi) is 4.16. The lowest BCUT2D eigenvalue weighted by molar-refractivity contribution is -0.119. The second-order valence-electron chi connectivity index (χ2n) is 5.22. The van der Waals surface area contributed by atoms with Gasteiger partial charge in [-0.05, 0) is 37.1 Å². The highest BCUT2D eigenvalue weighted by atomic mass is 32.2. The zero-order valence-corrected chi connectivity index (χ0v) is 13.1. The van der Waals surface area contributed by atoms with Crippen LogP contribution in [0.3, 0.4) is 0 Å². The fourth-order valence-electron chi connectivity index (χ4n) is 2.52. The molecule has 5 nitrogen and oxygen atoms in total. The molecule has 1 aromatic carbocycles. The predicted octanol–water partition coefficient (Wildman–Crippen LogP) is 2.58. The van der Waals surface area contributed by atoms with Crippen molar-refractivity contribution in [1.82, 2.24) is 9.55 Å². The number of carbonyl (C=O) groups excluding carboxylic acids is 1. The van der Waals surface area contributed by atoms with Crippen LogP contribution in [0.15, 0.2) is 41.8 Å². The standard InChI is InChI=1S/C16H16N4OS/c1-19-10-8-18-16(19)22-14-3-2-9-20(15(14)21)13-6-4-12(11-17)5-7-13/h4-8,10,14H,2-3,9H2,1H3. The first-order chi connectivity index (χ1) is 10.7. The van der Waals surface area contributed by atoms with E-state index in [9.17, 15) is 4.79 Å². The summed E-state index contributed by atoms with van der Waals surface area (Å²) in [5.74, 6) is 0.115. The summed E-state index contributed by atoms with van der Waals surface area (Å²) in [6.07, 6.45) is 5.46. The van der Waals surface area contributed by atoms with Gasteiger partial charge in [-0.25, -0.2) is 4.98 Å². The number of carbonyl (C=O) groups is 1. The Hall–Kier alpha value is -2.26. The SMILES string of the molecule is Cn1ccnc1SC1CCCN(c2ccc(C#N)cc2)C1=O. The smallest absolute Gasteiger partial charge is 0.240 e. The van der Waals surface area contributed by atoms with Crippen molar-refractivity contribution in [1.29, 1.82) is 5.26 Å². The third-order valence-electron chi connectivity index (χ3n) is 3.72. The summed E-state index contributed by atoms with van der Waals surface area (Å²) in [6, 6.07) is 9.27. The number of piperidine rings is 1. The molecule has 0 saturated carbocycles. The average molecular weight is 312 g/mol. The molecule has 1 unspecified atom stereocenters. The molecule has 0 aliphatic carbocycles. The van der Waals surface area contributed by atoms with Gasteiger partial charge in [0.2, 0.25) is 5.91 Å². The van der Waals surface area contributed by atoms with Gasteiger partial charge >= 0.3 is 0 Å². The number of nitriles is 1. The molecule has 1 amide bonds. The van der Waals surface area contributed by atoms with Crippen LogP contribution in [0.5, 0.6) is 0 Å². The molecule has 1 aliphatic heterocycles. The minimum Gasteiger partial charge on any atom is -0.329 e. The fraction of sp³-hybridized carbons (Fsp3) is 0.312. The van der Waals surface area contributed by atoms with Crippen LogP contribution in [0.1, 0.15) is 18.4 Å². The average Bonchev–Trinajstić information content (AvgIpc) is 2.95. The maximum atomic E-state index is 12.7. The van der Waals surface area contributed by atoms with E-state index in [1.54, 1.807) is 18.3 Å². The summed E-state index contributed by atoms with van der Waals surface area (Å²) >= 11 is 1.52. The van der Waals surface area contributed by atoms with E-state index in [0.29, 0.717) is 5.56 Å². The summed E-state index contributed by atoms with van der Waals surface area (Å²) in [7, 11) is 1.93. The van der Waals surface area contributed by atoms with E-state index in [2.05, 4.69) is 11.1 Å². The number of imidazole rings is 1. The highest BCUT2D eigenvalue weighted by molar-refractivity contribution is 8.00. The number of aryl methyl sites for hydroxylation is 1. The van der Waals surface area contributed by atoms with Gasteiger partial charge < -0.3 is 9.47 Å². The molecule has 0 radical (unpaired) electrons. The zero-order chi connectivity index (χ0) is 15.5. The number of benzene rings is 1. The normalized spacial score (nSPS) is 18.3. The second-order valence-corrected chi connectivity index (χ2v) is 6.39. The number of hydrogen-bond donors (Lipinski definition) is 0. The minimum absolute atomic E-state index is 0.106. The highest BCUT2D eigenvalue weighted by Crippen LogP contribution is 2.31. The van der Waals surface area contributed by atoms with E-state index in [4.69, 9.17) is 5.26 Å². The number of anilines is 1. The molecule has 1 fully saturated rings. The summed E-state index contributed by atoms with van der Waals surface area (Å²) in [4.78, 5) is 18.8. The second kappa shape index (κ2) is 6.24. The summed E-state index contributed by atoms with van der Waals surface area (Å²) in [5.41, 5.74) is 1.46. The number of nitrogens with zero attached hydrogens (tertiary/aromatic N) is 4. The van der Waals surface area contributed by atoms with Crippen LogP contribution in [0, 0.1) is 11.3 Å². The van der Waals surface area contributed by atoms with Crippen LogP contribution >= 0.6 is 11.8 Å². The van der Waals surface area contributed by atoms with Gasteiger partial charge in [-0.2, -0.15) is 5.26 Å². The molecule has 0 bridgehead atoms. The topological polar surface area (TPSA) is 61.9 Å². The molecule has 1 aliphatic rings. The largest absolute Gasteiger partial charge is 0.329 e. The van der Waals surface area contributed by atoms with Crippen LogP contribution in [0.2, 0.25) is 0 Å².